The van der Waals surface area contributed by atoms with E-state index in [4.69, 9.17) is 5.73 Å². The van der Waals surface area contributed by atoms with Gasteiger partial charge in [0.2, 0.25) is 0 Å². The predicted octanol–water partition coefficient (Wildman–Crippen LogP) is 1.83. The van der Waals surface area contributed by atoms with E-state index in [1.165, 1.54) is 11.1 Å². The Balaban J connectivity index is 1.80. The van der Waals surface area contributed by atoms with Crippen molar-refractivity contribution < 1.29 is 0 Å². The number of rotatable bonds is 2. The van der Waals surface area contributed by atoms with Crippen LogP contribution in [-0.2, 0) is 19.9 Å². The second kappa shape index (κ2) is 4.00. The molecule has 1 aromatic heterocycles. The lowest BCUT2D eigenvalue weighted by Gasteiger charge is -2.17. The first-order valence-electron chi connectivity index (χ1n) is 6.05. The molecule has 0 amide bonds. The molecule has 0 aliphatic heterocycles. The summed E-state index contributed by atoms with van der Waals surface area (Å²) in [7, 11) is 1.93. The average molecular weight is 227 g/mol. The van der Waals surface area contributed by atoms with Crippen molar-refractivity contribution in [2.45, 2.75) is 18.9 Å². The number of hydrogen-bond acceptors (Lipinski definition) is 2. The number of benzene rings is 1. The van der Waals surface area contributed by atoms with Crippen LogP contribution in [0.15, 0.2) is 36.7 Å². The monoisotopic (exact) mass is 227 g/mol. The maximum Gasteiger partial charge on any atom is 0.0537 e. The molecular weight excluding hydrogens is 210 g/mol. The molecular formula is C14H17N3. The minimum Gasteiger partial charge on any atom is -0.324 e. The standard InChI is InChI=1S/C14H17N3/c1-17-9-13(8-16-17)14(15)12-6-10-4-2-3-5-11(10)7-12/h2-5,8-9,12,14H,6-7,15H2,1H3. The van der Waals surface area contributed by atoms with Crippen LogP contribution in [0.1, 0.15) is 22.7 Å². The van der Waals surface area contributed by atoms with Crippen LogP contribution < -0.4 is 5.73 Å². The summed E-state index contributed by atoms with van der Waals surface area (Å²) in [4.78, 5) is 0. The van der Waals surface area contributed by atoms with Crippen LogP contribution in [-0.4, -0.2) is 9.78 Å². The summed E-state index contributed by atoms with van der Waals surface area (Å²) in [6.07, 6.45) is 6.08. The Morgan fingerprint density at radius 1 is 1.29 bits per heavy atom. The van der Waals surface area contributed by atoms with Crippen molar-refractivity contribution >= 4 is 0 Å². The highest BCUT2D eigenvalue weighted by Crippen LogP contribution is 2.33. The van der Waals surface area contributed by atoms with Crippen LogP contribution in [0.2, 0.25) is 0 Å². The van der Waals surface area contributed by atoms with E-state index in [0.717, 1.165) is 18.4 Å². The fourth-order valence-electron chi connectivity index (χ4n) is 2.73. The Kier molecular flexibility index (Phi) is 2.48. The van der Waals surface area contributed by atoms with Crippen molar-refractivity contribution in [1.82, 2.24) is 9.78 Å². The fraction of sp³-hybridized carbons (Fsp3) is 0.357. The molecule has 0 radical (unpaired) electrons. The zero-order valence-corrected chi connectivity index (χ0v) is 10.0. The number of nitrogens with zero attached hydrogens (tertiary/aromatic N) is 2. The van der Waals surface area contributed by atoms with Gasteiger partial charge in [-0.05, 0) is 29.9 Å². The maximum atomic E-state index is 6.34. The summed E-state index contributed by atoms with van der Waals surface area (Å²) in [5.74, 6) is 0.511. The molecule has 0 spiro atoms. The van der Waals surface area contributed by atoms with Crippen LogP contribution >= 0.6 is 0 Å². The number of fused-ring (bicyclic) bond motifs is 1. The Morgan fingerprint density at radius 2 is 1.94 bits per heavy atom. The van der Waals surface area contributed by atoms with Gasteiger partial charge < -0.3 is 5.73 Å². The van der Waals surface area contributed by atoms with Gasteiger partial charge in [0.15, 0.2) is 0 Å². The molecule has 1 atom stereocenters. The van der Waals surface area contributed by atoms with Crippen molar-refractivity contribution in [2.75, 3.05) is 0 Å². The molecule has 2 aromatic rings. The molecule has 1 heterocycles. The molecule has 2 N–H and O–H groups in total. The molecule has 0 bridgehead atoms. The largest absolute Gasteiger partial charge is 0.324 e. The van der Waals surface area contributed by atoms with Gasteiger partial charge in [0, 0.05) is 24.8 Å². The Labute approximate surface area is 101 Å². The number of aromatic nitrogens is 2. The molecule has 0 saturated heterocycles. The van der Waals surface area contributed by atoms with Gasteiger partial charge in [-0.25, -0.2) is 0 Å². The van der Waals surface area contributed by atoms with Gasteiger partial charge in [0.05, 0.1) is 6.20 Å². The fourth-order valence-corrected chi connectivity index (χ4v) is 2.73. The van der Waals surface area contributed by atoms with Crippen LogP contribution in [0, 0.1) is 5.92 Å². The summed E-state index contributed by atoms with van der Waals surface area (Å²) in [6, 6.07) is 8.74. The summed E-state index contributed by atoms with van der Waals surface area (Å²) in [5, 5.41) is 4.19. The first-order valence-corrected chi connectivity index (χ1v) is 6.05. The third-order valence-electron chi connectivity index (χ3n) is 3.70. The normalized spacial score (nSPS) is 17.1. The lowest BCUT2D eigenvalue weighted by Crippen LogP contribution is -2.21. The van der Waals surface area contributed by atoms with E-state index in [1.807, 2.05) is 24.1 Å². The molecule has 1 aliphatic carbocycles. The zero-order chi connectivity index (χ0) is 11.8. The maximum absolute atomic E-state index is 6.34. The van der Waals surface area contributed by atoms with Crippen molar-refractivity contribution in [1.29, 1.82) is 0 Å². The number of aryl methyl sites for hydroxylation is 1. The molecule has 3 rings (SSSR count). The number of nitrogens with two attached hydrogens (primary N) is 1. The third-order valence-corrected chi connectivity index (χ3v) is 3.70. The molecule has 88 valence electrons. The zero-order valence-electron chi connectivity index (χ0n) is 10.0. The highest BCUT2D eigenvalue weighted by atomic mass is 15.2. The van der Waals surface area contributed by atoms with Crippen LogP contribution in [0.4, 0.5) is 0 Å². The lowest BCUT2D eigenvalue weighted by atomic mass is 9.93. The quantitative estimate of drug-likeness (QED) is 0.850. The van der Waals surface area contributed by atoms with E-state index >= 15 is 0 Å². The van der Waals surface area contributed by atoms with Gasteiger partial charge in [0.25, 0.3) is 0 Å². The molecule has 3 heteroatoms. The predicted molar refractivity (Wildman–Crippen MR) is 67.5 cm³/mol. The van der Waals surface area contributed by atoms with Crippen LogP contribution in [0.25, 0.3) is 0 Å². The van der Waals surface area contributed by atoms with E-state index in [9.17, 15) is 0 Å². The lowest BCUT2D eigenvalue weighted by molar-refractivity contribution is 0.453. The Hall–Kier alpha value is -1.61. The van der Waals surface area contributed by atoms with Crippen molar-refractivity contribution in [2.24, 2.45) is 18.7 Å². The molecule has 1 aliphatic rings. The summed E-state index contributed by atoms with van der Waals surface area (Å²) in [5.41, 5.74) is 10.4. The molecule has 1 aromatic carbocycles. The van der Waals surface area contributed by atoms with Crippen molar-refractivity contribution in [3.63, 3.8) is 0 Å². The van der Waals surface area contributed by atoms with Gasteiger partial charge in [-0.3, -0.25) is 4.68 Å². The van der Waals surface area contributed by atoms with Gasteiger partial charge in [-0.2, -0.15) is 5.10 Å². The third kappa shape index (κ3) is 1.87. The van der Waals surface area contributed by atoms with Crippen molar-refractivity contribution in [3.05, 3.63) is 53.3 Å². The van der Waals surface area contributed by atoms with E-state index in [-0.39, 0.29) is 6.04 Å². The summed E-state index contributed by atoms with van der Waals surface area (Å²) < 4.78 is 1.82. The topological polar surface area (TPSA) is 43.8 Å². The van der Waals surface area contributed by atoms with Crippen LogP contribution in [0.5, 0.6) is 0 Å². The van der Waals surface area contributed by atoms with E-state index in [1.54, 1.807) is 0 Å². The van der Waals surface area contributed by atoms with Gasteiger partial charge in [-0.15, -0.1) is 0 Å². The minimum atomic E-state index is 0.0936. The average Bonchev–Trinajstić information content (AvgIpc) is 2.93. The van der Waals surface area contributed by atoms with Gasteiger partial charge >= 0.3 is 0 Å². The van der Waals surface area contributed by atoms with Gasteiger partial charge in [-0.1, -0.05) is 24.3 Å². The van der Waals surface area contributed by atoms with E-state index < -0.39 is 0 Å². The Morgan fingerprint density at radius 3 is 2.47 bits per heavy atom. The van der Waals surface area contributed by atoms with E-state index in [2.05, 4.69) is 29.4 Å². The second-order valence-corrected chi connectivity index (χ2v) is 4.91. The van der Waals surface area contributed by atoms with Crippen molar-refractivity contribution in [3.8, 4) is 0 Å². The van der Waals surface area contributed by atoms with Crippen LogP contribution in [0.3, 0.4) is 0 Å². The SMILES string of the molecule is Cn1cc(C(N)C2Cc3ccccc3C2)cn1. The molecule has 17 heavy (non-hydrogen) atoms. The summed E-state index contributed by atoms with van der Waals surface area (Å²) in [6.45, 7) is 0. The molecule has 0 fully saturated rings. The minimum absolute atomic E-state index is 0.0936. The first-order chi connectivity index (χ1) is 8.24. The Bertz CT molecular complexity index is 505. The molecule has 3 nitrogen and oxygen atoms in total. The smallest absolute Gasteiger partial charge is 0.0537 e. The summed E-state index contributed by atoms with van der Waals surface area (Å²) >= 11 is 0. The first kappa shape index (κ1) is 10.5. The molecule has 0 saturated carbocycles. The highest BCUT2D eigenvalue weighted by Gasteiger charge is 2.27. The number of hydrogen-bond donors (Lipinski definition) is 1. The molecule has 1 unspecified atom stereocenters. The highest BCUT2D eigenvalue weighted by molar-refractivity contribution is 5.33. The van der Waals surface area contributed by atoms with E-state index in [0.29, 0.717) is 5.92 Å². The van der Waals surface area contributed by atoms with Gasteiger partial charge in [0.1, 0.15) is 0 Å². The second-order valence-electron chi connectivity index (χ2n) is 4.91.